The van der Waals surface area contributed by atoms with Gasteiger partial charge in [-0.25, -0.2) is 4.79 Å². The van der Waals surface area contributed by atoms with Gasteiger partial charge in [-0.2, -0.15) is 0 Å². The molecular formula is C16H32O3Si. The molecule has 0 heterocycles. The number of hydrogen-bond donors (Lipinski definition) is 0. The number of rotatable bonds is 12. The van der Waals surface area contributed by atoms with Crippen LogP contribution in [0.15, 0.2) is 12.2 Å². The van der Waals surface area contributed by atoms with E-state index in [4.69, 9.17) is 9.16 Å². The smallest absolute Gasteiger partial charge is 0.333 e. The summed E-state index contributed by atoms with van der Waals surface area (Å²) in [7, 11) is -1.75. The zero-order valence-corrected chi connectivity index (χ0v) is 14.8. The summed E-state index contributed by atoms with van der Waals surface area (Å²) in [6.07, 6.45) is 4.81. The predicted octanol–water partition coefficient (Wildman–Crippen LogP) is 4.69. The molecule has 0 radical (unpaired) electrons. The highest BCUT2D eigenvalue weighted by Crippen LogP contribution is 2.27. The second-order valence-electron chi connectivity index (χ2n) is 5.49. The quantitative estimate of drug-likeness (QED) is 0.298. The number of ether oxygens (including phenoxy) is 1. The van der Waals surface area contributed by atoms with Crippen LogP contribution < -0.4 is 0 Å². The fraction of sp³-hybridized carbons (Fsp3) is 0.812. The largest absolute Gasteiger partial charge is 0.463 e. The van der Waals surface area contributed by atoms with Crippen molar-refractivity contribution in [2.24, 2.45) is 0 Å². The van der Waals surface area contributed by atoms with Crippen molar-refractivity contribution in [3.05, 3.63) is 12.2 Å². The first-order valence-electron chi connectivity index (χ1n) is 7.98. The lowest BCUT2D eigenvalue weighted by Gasteiger charge is -2.31. The van der Waals surface area contributed by atoms with Gasteiger partial charge in [-0.3, -0.25) is 0 Å². The Morgan fingerprint density at radius 2 is 1.60 bits per heavy atom. The summed E-state index contributed by atoms with van der Waals surface area (Å²) in [4.78, 5) is 11.5. The minimum Gasteiger partial charge on any atom is -0.463 e. The minimum absolute atomic E-state index is 0.282. The van der Waals surface area contributed by atoms with Crippen LogP contribution in [0, 0.1) is 0 Å². The van der Waals surface area contributed by atoms with Gasteiger partial charge in [-0.15, -0.1) is 0 Å². The number of carbonyl (C=O) groups excluding carboxylic acids is 1. The van der Waals surface area contributed by atoms with Crippen LogP contribution in [0.2, 0.25) is 18.1 Å². The van der Waals surface area contributed by atoms with Crippen molar-refractivity contribution in [3.8, 4) is 0 Å². The third-order valence-electron chi connectivity index (χ3n) is 3.56. The van der Waals surface area contributed by atoms with Gasteiger partial charge in [0.05, 0.1) is 6.61 Å². The van der Waals surface area contributed by atoms with Gasteiger partial charge >= 0.3 is 5.97 Å². The number of esters is 1. The fourth-order valence-corrected chi connectivity index (χ4v) is 6.61. The van der Waals surface area contributed by atoms with E-state index in [1.807, 2.05) is 0 Å². The molecule has 0 spiro atoms. The maximum atomic E-state index is 11.5. The summed E-state index contributed by atoms with van der Waals surface area (Å²) < 4.78 is 11.5. The van der Waals surface area contributed by atoms with E-state index in [-0.39, 0.29) is 5.97 Å². The summed E-state index contributed by atoms with van der Waals surface area (Å²) in [6, 6.07) is 3.28. The van der Waals surface area contributed by atoms with Gasteiger partial charge in [0.25, 0.3) is 0 Å². The van der Waals surface area contributed by atoms with Crippen molar-refractivity contribution < 1.29 is 14.0 Å². The zero-order chi connectivity index (χ0) is 15.4. The molecule has 0 saturated heterocycles. The molecule has 0 aliphatic rings. The lowest BCUT2D eigenvalue weighted by molar-refractivity contribution is -0.138. The third kappa shape index (κ3) is 7.85. The second-order valence-corrected chi connectivity index (χ2v) is 9.64. The molecule has 0 aromatic heterocycles. The molecule has 118 valence electrons. The molecule has 0 bridgehead atoms. The number of unbranched alkanes of at least 4 members (excludes halogenated alkanes) is 2. The van der Waals surface area contributed by atoms with Gasteiger partial charge < -0.3 is 9.16 Å². The highest BCUT2D eigenvalue weighted by molar-refractivity contribution is 6.73. The summed E-state index contributed by atoms with van der Waals surface area (Å²) in [5, 5.41) is 0. The molecule has 0 fully saturated rings. The normalized spacial score (nSPS) is 11.4. The first-order valence-corrected chi connectivity index (χ1v) is 10.5. The highest BCUT2D eigenvalue weighted by Gasteiger charge is 2.33. The molecule has 0 aliphatic carbocycles. The van der Waals surface area contributed by atoms with E-state index >= 15 is 0 Å². The lowest BCUT2D eigenvalue weighted by atomic mass is 10.4. The van der Waals surface area contributed by atoms with Gasteiger partial charge in [0.15, 0.2) is 8.32 Å². The van der Waals surface area contributed by atoms with Crippen molar-refractivity contribution in [1.29, 1.82) is 0 Å². The topological polar surface area (TPSA) is 35.5 Å². The molecule has 0 unspecified atom stereocenters. The Morgan fingerprint density at radius 1 is 1.05 bits per heavy atom. The summed E-state index contributed by atoms with van der Waals surface area (Å²) in [5.74, 6) is -0.282. The van der Waals surface area contributed by atoms with Crippen LogP contribution in [0.1, 0.15) is 53.4 Å². The zero-order valence-electron chi connectivity index (χ0n) is 13.8. The van der Waals surface area contributed by atoms with Crippen molar-refractivity contribution >= 4 is 14.3 Å². The molecule has 0 N–H and O–H groups in total. The third-order valence-corrected chi connectivity index (χ3v) is 8.11. The van der Waals surface area contributed by atoms with Crippen LogP contribution in [0.5, 0.6) is 0 Å². The van der Waals surface area contributed by atoms with Gasteiger partial charge in [0.1, 0.15) is 0 Å². The first-order chi connectivity index (χ1) is 9.51. The monoisotopic (exact) mass is 300 g/mol. The van der Waals surface area contributed by atoms with E-state index in [0.29, 0.717) is 12.2 Å². The minimum atomic E-state index is -1.75. The Hall–Kier alpha value is -0.613. The first kappa shape index (κ1) is 19.4. The molecule has 0 saturated carbocycles. The van der Waals surface area contributed by atoms with Gasteiger partial charge in [0.2, 0.25) is 0 Å². The van der Waals surface area contributed by atoms with Crippen molar-refractivity contribution in [2.45, 2.75) is 71.5 Å². The molecule has 0 atom stereocenters. The Morgan fingerprint density at radius 3 is 2.00 bits per heavy atom. The van der Waals surface area contributed by atoms with Crippen LogP contribution in [0.25, 0.3) is 0 Å². The predicted molar refractivity (Wildman–Crippen MR) is 87.4 cm³/mol. The Labute approximate surface area is 125 Å². The van der Waals surface area contributed by atoms with E-state index in [0.717, 1.165) is 12.7 Å². The summed E-state index contributed by atoms with van der Waals surface area (Å²) in [5.41, 5.74) is 0.468. The Kier molecular flexibility index (Phi) is 10.8. The summed E-state index contributed by atoms with van der Waals surface area (Å²) in [6.45, 7) is 13.0. The summed E-state index contributed by atoms with van der Waals surface area (Å²) >= 11 is 0. The van der Waals surface area contributed by atoms with E-state index in [1.54, 1.807) is 6.92 Å². The van der Waals surface area contributed by atoms with Crippen LogP contribution in [0.3, 0.4) is 0 Å². The molecule has 0 aromatic rings. The molecule has 4 heteroatoms. The molecular weight excluding hydrogens is 268 g/mol. The van der Waals surface area contributed by atoms with Gasteiger partial charge in [-0.1, -0.05) is 46.1 Å². The Balaban J connectivity index is 4.52. The van der Waals surface area contributed by atoms with Crippen LogP contribution in [-0.2, 0) is 14.0 Å². The number of carbonyl (C=O) groups is 1. The standard InChI is InChI=1S/C16H32O3Si/c1-6-9-12-20(19-8-3,13-10-7-2)14-11-18-16(17)15(4)5/h4,6-14H2,1-3,5H3. The highest BCUT2D eigenvalue weighted by atomic mass is 28.4. The fourth-order valence-electron chi connectivity index (χ4n) is 2.35. The number of hydrogen-bond acceptors (Lipinski definition) is 3. The molecule has 0 amide bonds. The van der Waals surface area contributed by atoms with Gasteiger partial charge in [0, 0.05) is 18.2 Å². The van der Waals surface area contributed by atoms with E-state index in [2.05, 4.69) is 27.4 Å². The average molecular weight is 301 g/mol. The maximum Gasteiger partial charge on any atom is 0.333 e. The van der Waals surface area contributed by atoms with Crippen molar-refractivity contribution in [1.82, 2.24) is 0 Å². The molecule has 0 aliphatic heterocycles. The van der Waals surface area contributed by atoms with Crippen molar-refractivity contribution in [2.75, 3.05) is 13.2 Å². The molecule has 0 rings (SSSR count). The van der Waals surface area contributed by atoms with Crippen molar-refractivity contribution in [3.63, 3.8) is 0 Å². The van der Waals surface area contributed by atoms with Crippen LogP contribution >= 0.6 is 0 Å². The molecule has 20 heavy (non-hydrogen) atoms. The van der Waals surface area contributed by atoms with E-state index in [9.17, 15) is 4.79 Å². The molecule has 3 nitrogen and oxygen atoms in total. The molecule has 0 aromatic carbocycles. The van der Waals surface area contributed by atoms with E-state index < -0.39 is 8.32 Å². The van der Waals surface area contributed by atoms with Crippen LogP contribution in [0.4, 0.5) is 0 Å². The average Bonchev–Trinajstić information content (AvgIpc) is 2.42. The lowest BCUT2D eigenvalue weighted by Crippen LogP contribution is -2.39. The SMILES string of the molecule is C=C(C)C(=O)OCC[Si](CCCC)(CCCC)OCC. The Bertz CT molecular complexity index is 281. The van der Waals surface area contributed by atoms with Gasteiger partial charge in [-0.05, 0) is 25.9 Å². The van der Waals surface area contributed by atoms with Crippen LogP contribution in [-0.4, -0.2) is 27.5 Å². The second kappa shape index (κ2) is 11.1. The van der Waals surface area contributed by atoms with E-state index in [1.165, 1.54) is 37.8 Å². The maximum absolute atomic E-state index is 11.5.